The summed E-state index contributed by atoms with van der Waals surface area (Å²) < 4.78 is 5.81. The second kappa shape index (κ2) is 5.35. The Balaban J connectivity index is 1.80. The first-order chi connectivity index (χ1) is 7.75. The van der Waals surface area contributed by atoms with Crippen LogP contribution in [0.25, 0.3) is 0 Å². The SMILES string of the molecule is Cc1ccc(OCCC2CCCN2)c(C)c1. The molecular formula is C14H21NO. The van der Waals surface area contributed by atoms with Gasteiger partial charge in [0.05, 0.1) is 6.61 Å². The summed E-state index contributed by atoms with van der Waals surface area (Å²) in [5, 5.41) is 3.49. The zero-order valence-electron chi connectivity index (χ0n) is 10.3. The van der Waals surface area contributed by atoms with E-state index in [9.17, 15) is 0 Å². The van der Waals surface area contributed by atoms with Gasteiger partial charge in [-0.05, 0) is 51.3 Å². The van der Waals surface area contributed by atoms with Crippen molar-refractivity contribution in [3.63, 3.8) is 0 Å². The molecule has 0 saturated carbocycles. The van der Waals surface area contributed by atoms with Crippen molar-refractivity contribution in [2.24, 2.45) is 0 Å². The van der Waals surface area contributed by atoms with Gasteiger partial charge in [-0.1, -0.05) is 17.7 Å². The molecule has 1 saturated heterocycles. The predicted molar refractivity (Wildman–Crippen MR) is 67.1 cm³/mol. The molecule has 1 fully saturated rings. The molecule has 2 rings (SSSR count). The van der Waals surface area contributed by atoms with E-state index < -0.39 is 0 Å². The Morgan fingerprint density at radius 2 is 2.25 bits per heavy atom. The third-order valence-electron chi connectivity index (χ3n) is 3.22. The standard InChI is InChI=1S/C14H21NO/c1-11-5-6-14(12(2)10-11)16-9-7-13-4-3-8-15-13/h5-6,10,13,15H,3-4,7-9H2,1-2H3. The van der Waals surface area contributed by atoms with Crippen LogP contribution in [0.4, 0.5) is 0 Å². The van der Waals surface area contributed by atoms with Crippen LogP contribution < -0.4 is 10.1 Å². The second-order valence-electron chi connectivity index (χ2n) is 4.70. The summed E-state index contributed by atoms with van der Waals surface area (Å²) in [6.07, 6.45) is 3.73. The molecule has 1 aromatic carbocycles. The minimum atomic E-state index is 0.672. The summed E-state index contributed by atoms with van der Waals surface area (Å²) in [4.78, 5) is 0. The predicted octanol–water partition coefficient (Wildman–Crippen LogP) is 2.82. The average Bonchev–Trinajstić information content (AvgIpc) is 2.74. The van der Waals surface area contributed by atoms with E-state index in [1.54, 1.807) is 0 Å². The molecule has 1 aromatic rings. The van der Waals surface area contributed by atoms with Gasteiger partial charge in [0.25, 0.3) is 0 Å². The third kappa shape index (κ3) is 2.99. The fraction of sp³-hybridized carbons (Fsp3) is 0.571. The van der Waals surface area contributed by atoms with E-state index in [0.29, 0.717) is 6.04 Å². The van der Waals surface area contributed by atoms with Crippen molar-refractivity contribution in [3.05, 3.63) is 29.3 Å². The van der Waals surface area contributed by atoms with Gasteiger partial charge in [0.2, 0.25) is 0 Å². The van der Waals surface area contributed by atoms with Crippen molar-refractivity contribution in [1.29, 1.82) is 0 Å². The first-order valence-corrected chi connectivity index (χ1v) is 6.19. The maximum Gasteiger partial charge on any atom is 0.122 e. The molecule has 1 aliphatic heterocycles. The summed E-state index contributed by atoms with van der Waals surface area (Å²) in [7, 11) is 0. The lowest BCUT2D eigenvalue weighted by Crippen LogP contribution is -2.23. The van der Waals surface area contributed by atoms with Crippen LogP contribution in [0.5, 0.6) is 5.75 Å². The van der Waals surface area contributed by atoms with Crippen LogP contribution in [-0.2, 0) is 0 Å². The monoisotopic (exact) mass is 219 g/mol. The summed E-state index contributed by atoms with van der Waals surface area (Å²) >= 11 is 0. The van der Waals surface area contributed by atoms with Crippen LogP contribution in [0, 0.1) is 13.8 Å². The van der Waals surface area contributed by atoms with E-state index in [0.717, 1.165) is 18.8 Å². The van der Waals surface area contributed by atoms with Crippen molar-refractivity contribution in [2.75, 3.05) is 13.2 Å². The molecular weight excluding hydrogens is 198 g/mol. The van der Waals surface area contributed by atoms with E-state index in [-0.39, 0.29) is 0 Å². The summed E-state index contributed by atoms with van der Waals surface area (Å²) in [6.45, 7) is 6.21. The Kier molecular flexibility index (Phi) is 3.83. The normalized spacial score (nSPS) is 20.0. The van der Waals surface area contributed by atoms with Crippen molar-refractivity contribution in [3.8, 4) is 5.75 Å². The summed E-state index contributed by atoms with van der Waals surface area (Å²) in [5.41, 5.74) is 2.53. The molecule has 1 atom stereocenters. The van der Waals surface area contributed by atoms with E-state index in [1.165, 1.54) is 30.5 Å². The Morgan fingerprint density at radius 3 is 2.94 bits per heavy atom. The molecule has 1 heterocycles. The van der Waals surface area contributed by atoms with Crippen molar-refractivity contribution < 1.29 is 4.74 Å². The van der Waals surface area contributed by atoms with Gasteiger partial charge < -0.3 is 10.1 Å². The van der Waals surface area contributed by atoms with E-state index in [2.05, 4.69) is 37.4 Å². The molecule has 1 unspecified atom stereocenters. The molecule has 2 nitrogen and oxygen atoms in total. The Bertz CT molecular complexity index is 343. The smallest absolute Gasteiger partial charge is 0.122 e. The van der Waals surface area contributed by atoms with Gasteiger partial charge in [-0.2, -0.15) is 0 Å². The zero-order valence-corrected chi connectivity index (χ0v) is 10.3. The van der Waals surface area contributed by atoms with Crippen LogP contribution in [0.15, 0.2) is 18.2 Å². The molecule has 2 heteroatoms. The molecule has 88 valence electrons. The average molecular weight is 219 g/mol. The minimum absolute atomic E-state index is 0.672. The van der Waals surface area contributed by atoms with Gasteiger partial charge >= 0.3 is 0 Å². The third-order valence-corrected chi connectivity index (χ3v) is 3.22. The quantitative estimate of drug-likeness (QED) is 0.840. The second-order valence-corrected chi connectivity index (χ2v) is 4.70. The minimum Gasteiger partial charge on any atom is -0.493 e. The van der Waals surface area contributed by atoms with Gasteiger partial charge in [-0.25, -0.2) is 0 Å². The number of hydrogen-bond donors (Lipinski definition) is 1. The number of aryl methyl sites for hydroxylation is 2. The summed E-state index contributed by atoms with van der Waals surface area (Å²) in [6, 6.07) is 7.03. The number of hydrogen-bond acceptors (Lipinski definition) is 2. The topological polar surface area (TPSA) is 21.3 Å². The number of rotatable bonds is 4. The fourth-order valence-electron chi connectivity index (χ4n) is 2.28. The lowest BCUT2D eigenvalue weighted by Gasteiger charge is -2.13. The maximum atomic E-state index is 5.81. The van der Waals surface area contributed by atoms with Crippen molar-refractivity contribution in [1.82, 2.24) is 5.32 Å². The van der Waals surface area contributed by atoms with Crippen LogP contribution in [0.1, 0.15) is 30.4 Å². The molecule has 1 aliphatic rings. The first kappa shape index (κ1) is 11.5. The Morgan fingerprint density at radius 1 is 1.38 bits per heavy atom. The van der Waals surface area contributed by atoms with Gasteiger partial charge in [-0.3, -0.25) is 0 Å². The highest BCUT2D eigenvalue weighted by molar-refractivity contribution is 5.35. The molecule has 0 aromatic heterocycles. The highest BCUT2D eigenvalue weighted by atomic mass is 16.5. The van der Waals surface area contributed by atoms with Gasteiger partial charge in [0, 0.05) is 6.04 Å². The molecule has 0 bridgehead atoms. The van der Waals surface area contributed by atoms with Crippen LogP contribution >= 0.6 is 0 Å². The molecule has 1 N–H and O–H groups in total. The highest BCUT2D eigenvalue weighted by Gasteiger charge is 2.13. The molecule has 0 aliphatic carbocycles. The fourth-order valence-corrected chi connectivity index (χ4v) is 2.28. The van der Waals surface area contributed by atoms with E-state index in [4.69, 9.17) is 4.74 Å². The first-order valence-electron chi connectivity index (χ1n) is 6.19. The van der Waals surface area contributed by atoms with Crippen molar-refractivity contribution in [2.45, 2.75) is 39.2 Å². The molecule has 0 radical (unpaired) electrons. The van der Waals surface area contributed by atoms with Gasteiger partial charge in [0.1, 0.15) is 5.75 Å². The summed E-state index contributed by atoms with van der Waals surface area (Å²) in [5.74, 6) is 1.03. The molecule has 16 heavy (non-hydrogen) atoms. The maximum absolute atomic E-state index is 5.81. The number of nitrogens with one attached hydrogen (secondary N) is 1. The zero-order chi connectivity index (χ0) is 11.4. The number of ether oxygens (including phenoxy) is 1. The lowest BCUT2D eigenvalue weighted by atomic mass is 10.1. The van der Waals surface area contributed by atoms with Crippen LogP contribution in [-0.4, -0.2) is 19.2 Å². The largest absolute Gasteiger partial charge is 0.493 e. The van der Waals surface area contributed by atoms with E-state index >= 15 is 0 Å². The molecule has 0 spiro atoms. The Labute approximate surface area is 98.0 Å². The van der Waals surface area contributed by atoms with Gasteiger partial charge in [-0.15, -0.1) is 0 Å². The van der Waals surface area contributed by atoms with Crippen molar-refractivity contribution >= 4 is 0 Å². The Hall–Kier alpha value is -1.02. The molecule has 0 amide bonds. The van der Waals surface area contributed by atoms with Crippen LogP contribution in [0.3, 0.4) is 0 Å². The lowest BCUT2D eigenvalue weighted by molar-refractivity contribution is 0.290. The van der Waals surface area contributed by atoms with E-state index in [1.807, 2.05) is 0 Å². The van der Waals surface area contributed by atoms with Gasteiger partial charge in [0.15, 0.2) is 0 Å². The van der Waals surface area contributed by atoms with Crippen LogP contribution in [0.2, 0.25) is 0 Å². The number of benzene rings is 1. The highest BCUT2D eigenvalue weighted by Crippen LogP contribution is 2.19.